The smallest absolute Gasteiger partial charge is 0.256 e. The van der Waals surface area contributed by atoms with Gasteiger partial charge in [-0.1, -0.05) is 0 Å². The highest BCUT2D eigenvalue weighted by atomic mass is 16.5. The minimum absolute atomic E-state index is 0.357. The van der Waals surface area contributed by atoms with Crippen LogP contribution in [0.15, 0.2) is 46.9 Å². The van der Waals surface area contributed by atoms with Gasteiger partial charge in [0.15, 0.2) is 17.1 Å². The highest BCUT2D eigenvalue weighted by molar-refractivity contribution is 6.06. The molecule has 37 heavy (non-hydrogen) atoms. The average molecular weight is 505 g/mol. The van der Waals surface area contributed by atoms with E-state index in [1.54, 1.807) is 31.4 Å². The van der Waals surface area contributed by atoms with Crippen molar-refractivity contribution in [3.63, 3.8) is 0 Å². The summed E-state index contributed by atoms with van der Waals surface area (Å²) < 4.78 is 28.8. The molecule has 4 aromatic rings. The number of hydrogen-bond acceptors (Lipinski definition) is 7. The number of rotatable bonds is 10. The molecule has 1 heterocycles. The number of amides is 1. The standard InChI is InChI=1S/C29H32N2O6/c1-7-34-25-15-20(16-26(35-8-2)27(25)36-9-3)28(32)30-22-14-19(10-11-23(22)33-6)29-31-21-12-17(4)18(5)13-24(21)37-29/h10-16H,7-9H2,1-6H3,(H,30,32). The summed E-state index contributed by atoms with van der Waals surface area (Å²) in [4.78, 5) is 18.0. The van der Waals surface area contributed by atoms with Crippen LogP contribution in [0.2, 0.25) is 0 Å². The van der Waals surface area contributed by atoms with E-state index in [0.29, 0.717) is 71.1 Å². The van der Waals surface area contributed by atoms with Gasteiger partial charge in [-0.25, -0.2) is 4.98 Å². The molecule has 1 aromatic heterocycles. The zero-order valence-corrected chi connectivity index (χ0v) is 22.1. The van der Waals surface area contributed by atoms with E-state index in [-0.39, 0.29) is 5.91 Å². The predicted molar refractivity (Wildman–Crippen MR) is 143 cm³/mol. The number of aryl methyl sites for hydroxylation is 2. The number of ether oxygens (including phenoxy) is 4. The number of anilines is 1. The Balaban J connectivity index is 1.70. The van der Waals surface area contributed by atoms with Gasteiger partial charge in [-0.15, -0.1) is 0 Å². The molecule has 0 unspecified atom stereocenters. The van der Waals surface area contributed by atoms with E-state index in [9.17, 15) is 4.79 Å². The molecule has 8 nitrogen and oxygen atoms in total. The minimum Gasteiger partial charge on any atom is -0.495 e. The fourth-order valence-electron chi connectivity index (χ4n) is 3.96. The molecule has 0 aliphatic rings. The Morgan fingerprint density at radius 1 is 0.865 bits per heavy atom. The van der Waals surface area contributed by atoms with E-state index in [0.717, 1.165) is 16.6 Å². The highest BCUT2D eigenvalue weighted by Gasteiger charge is 2.20. The van der Waals surface area contributed by atoms with E-state index in [4.69, 9.17) is 23.4 Å². The molecule has 0 spiro atoms. The van der Waals surface area contributed by atoms with Crippen LogP contribution in [0.3, 0.4) is 0 Å². The molecule has 0 fully saturated rings. The van der Waals surface area contributed by atoms with E-state index in [1.807, 2.05) is 52.8 Å². The van der Waals surface area contributed by atoms with Gasteiger partial charge in [0.2, 0.25) is 11.6 Å². The van der Waals surface area contributed by atoms with E-state index >= 15 is 0 Å². The van der Waals surface area contributed by atoms with Crippen LogP contribution in [0.25, 0.3) is 22.6 Å². The molecule has 0 aliphatic heterocycles. The lowest BCUT2D eigenvalue weighted by Gasteiger charge is -2.17. The number of aromatic nitrogens is 1. The summed E-state index contributed by atoms with van der Waals surface area (Å²) in [7, 11) is 1.55. The third-order valence-corrected chi connectivity index (χ3v) is 5.87. The van der Waals surface area contributed by atoms with Gasteiger partial charge in [-0.05, 0) is 88.2 Å². The molecule has 1 amide bonds. The zero-order valence-electron chi connectivity index (χ0n) is 22.1. The lowest BCUT2D eigenvalue weighted by Crippen LogP contribution is -2.14. The molecular formula is C29H32N2O6. The van der Waals surface area contributed by atoms with Crippen molar-refractivity contribution in [3.05, 3.63) is 59.2 Å². The van der Waals surface area contributed by atoms with E-state index in [1.165, 1.54) is 0 Å². The summed E-state index contributed by atoms with van der Waals surface area (Å²) in [5.74, 6) is 1.96. The maximum absolute atomic E-state index is 13.4. The van der Waals surface area contributed by atoms with E-state index in [2.05, 4.69) is 10.3 Å². The third-order valence-electron chi connectivity index (χ3n) is 5.87. The van der Waals surface area contributed by atoms with Crippen LogP contribution in [0.1, 0.15) is 42.3 Å². The molecule has 0 bridgehead atoms. The van der Waals surface area contributed by atoms with Gasteiger partial charge in [0.25, 0.3) is 5.91 Å². The zero-order chi connectivity index (χ0) is 26.5. The third kappa shape index (κ3) is 5.48. The Labute approximate surface area is 216 Å². The lowest BCUT2D eigenvalue weighted by atomic mass is 10.1. The summed E-state index contributed by atoms with van der Waals surface area (Å²) in [6.07, 6.45) is 0. The van der Waals surface area contributed by atoms with Crippen molar-refractivity contribution in [2.45, 2.75) is 34.6 Å². The second kappa shape index (κ2) is 11.2. The molecule has 1 N–H and O–H groups in total. The first kappa shape index (κ1) is 25.9. The summed E-state index contributed by atoms with van der Waals surface area (Å²) >= 11 is 0. The van der Waals surface area contributed by atoms with Gasteiger partial charge in [-0.2, -0.15) is 0 Å². The van der Waals surface area contributed by atoms with E-state index < -0.39 is 0 Å². The van der Waals surface area contributed by atoms with Gasteiger partial charge in [0, 0.05) is 11.1 Å². The summed E-state index contributed by atoms with van der Waals surface area (Å²) in [5, 5.41) is 2.94. The second-order valence-electron chi connectivity index (χ2n) is 8.39. The average Bonchev–Trinajstić information content (AvgIpc) is 3.28. The van der Waals surface area contributed by atoms with Gasteiger partial charge in [-0.3, -0.25) is 4.79 Å². The van der Waals surface area contributed by atoms with Crippen LogP contribution in [0.5, 0.6) is 23.0 Å². The number of fused-ring (bicyclic) bond motifs is 1. The van der Waals surface area contributed by atoms with Crippen LogP contribution in [0, 0.1) is 13.8 Å². The van der Waals surface area contributed by atoms with Crippen molar-refractivity contribution in [1.29, 1.82) is 0 Å². The first-order valence-corrected chi connectivity index (χ1v) is 12.3. The van der Waals surface area contributed by atoms with Crippen molar-refractivity contribution in [2.75, 3.05) is 32.2 Å². The van der Waals surface area contributed by atoms with Gasteiger partial charge in [0.1, 0.15) is 11.3 Å². The molecule has 0 radical (unpaired) electrons. The number of benzene rings is 3. The molecule has 0 aliphatic carbocycles. The van der Waals surface area contributed by atoms with Crippen LogP contribution in [-0.2, 0) is 0 Å². The minimum atomic E-state index is -0.357. The maximum Gasteiger partial charge on any atom is 0.256 e. The first-order chi connectivity index (χ1) is 17.9. The van der Waals surface area contributed by atoms with Crippen molar-refractivity contribution >= 4 is 22.7 Å². The Bertz CT molecular complexity index is 1360. The Morgan fingerprint density at radius 3 is 2.14 bits per heavy atom. The number of carbonyl (C=O) groups excluding carboxylic acids is 1. The van der Waals surface area contributed by atoms with Crippen LogP contribution in [-0.4, -0.2) is 37.8 Å². The summed E-state index contributed by atoms with van der Waals surface area (Å²) in [5.41, 5.74) is 5.30. The van der Waals surface area contributed by atoms with Crippen LogP contribution >= 0.6 is 0 Å². The molecule has 8 heteroatoms. The monoisotopic (exact) mass is 504 g/mol. The summed E-state index contributed by atoms with van der Waals surface area (Å²) in [6, 6.07) is 12.7. The van der Waals surface area contributed by atoms with Crippen molar-refractivity contribution < 1.29 is 28.2 Å². The van der Waals surface area contributed by atoms with Crippen molar-refractivity contribution in [3.8, 4) is 34.5 Å². The fourth-order valence-corrected chi connectivity index (χ4v) is 3.96. The molecule has 0 saturated heterocycles. The number of oxazole rings is 1. The molecule has 0 atom stereocenters. The number of carbonyl (C=O) groups is 1. The van der Waals surface area contributed by atoms with Gasteiger partial charge >= 0.3 is 0 Å². The summed E-state index contributed by atoms with van der Waals surface area (Å²) in [6.45, 7) is 11.0. The SMILES string of the molecule is CCOc1cc(C(=O)Nc2cc(-c3nc4cc(C)c(C)cc4o3)ccc2OC)cc(OCC)c1OCC. The van der Waals surface area contributed by atoms with Crippen molar-refractivity contribution in [1.82, 2.24) is 4.98 Å². The maximum atomic E-state index is 13.4. The van der Waals surface area contributed by atoms with Gasteiger partial charge < -0.3 is 28.7 Å². The highest BCUT2D eigenvalue weighted by Crippen LogP contribution is 2.40. The number of nitrogens with one attached hydrogen (secondary N) is 1. The fraction of sp³-hybridized carbons (Fsp3) is 0.310. The molecule has 194 valence electrons. The Hall–Kier alpha value is -4.20. The molecule has 0 saturated carbocycles. The lowest BCUT2D eigenvalue weighted by molar-refractivity contribution is 0.102. The van der Waals surface area contributed by atoms with Crippen LogP contribution < -0.4 is 24.3 Å². The second-order valence-corrected chi connectivity index (χ2v) is 8.39. The topological polar surface area (TPSA) is 92.1 Å². The predicted octanol–water partition coefficient (Wildman–Crippen LogP) is 6.57. The van der Waals surface area contributed by atoms with Crippen LogP contribution in [0.4, 0.5) is 5.69 Å². The number of hydrogen-bond donors (Lipinski definition) is 1. The quantitative estimate of drug-likeness (QED) is 0.261. The normalized spacial score (nSPS) is 10.9. The van der Waals surface area contributed by atoms with Crippen molar-refractivity contribution in [2.24, 2.45) is 0 Å². The largest absolute Gasteiger partial charge is 0.495 e. The number of methoxy groups -OCH3 is 1. The molecular weight excluding hydrogens is 472 g/mol. The Kier molecular flexibility index (Phi) is 7.86. The molecule has 4 rings (SSSR count). The Morgan fingerprint density at radius 2 is 1.51 bits per heavy atom. The van der Waals surface area contributed by atoms with Gasteiger partial charge in [0.05, 0.1) is 32.6 Å². The first-order valence-electron chi connectivity index (χ1n) is 12.3. The molecule has 3 aromatic carbocycles. The number of nitrogens with zero attached hydrogens (tertiary/aromatic N) is 1.